The molecule has 6 rings (SSSR count). The summed E-state index contributed by atoms with van der Waals surface area (Å²) in [5.74, 6) is -1.89. The lowest BCUT2D eigenvalue weighted by Gasteiger charge is -2.38. The first kappa shape index (κ1) is 23.9. The molecule has 6 atom stereocenters. The van der Waals surface area contributed by atoms with Gasteiger partial charge in [0.2, 0.25) is 17.7 Å². The summed E-state index contributed by atoms with van der Waals surface area (Å²) in [6.07, 6.45) is 0.742. The van der Waals surface area contributed by atoms with E-state index in [4.69, 9.17) is 0 Å². The third-order valence-corrected chi connectivity index (χ3v) is 10.1. The number of likely N-dealkylation sites (tertiary alicyclic amines) is 1. The highest BCUT2D eigenvalue weighted by Crippen LogP contribution is 2.68. The Morgan fingerprint density at radius 2 is 1.89 bits per heavy atom. The van der Waals surface area contributed by atoms with Gasteiger partial charge in [-0.2, -0.15) is 0 Å². The number of rotatable bonds is 7. The van der Waals surface area contributed by atoms with Crippen molar-refractivity contribution in [3.63, 3.8) is 0 Å². The molecule has 3 fully saturated rings. The molecule has 3 aromatic rings. The molecule has 37 heavy (non-hydrogen) atoms. The molecule has 3 N–H and O–H groups in total. The highest BCUT2D eigenvalue weighted by molar-refractivity contribution is 8.02. The number of thioether (sulfide) groups is 1. The second-order valence-electron chi connectivity index (χ2n) is 9.94. The summed E-state index contributed by atoms with van der Waals surface area (Å²) in [7, 11) is 0. The highest BCUT2D eigenvalue weighted by atomic mass is 32.2. The van der Waals surface area contributed by atoms with Crippen LogP contribution in [-0.2, 0) is 21.1 Å². The summed E-state index contributed by atoms with van der Waals surface area (Å²) in [5.41, 5.74) is 2.18. The first-order valence-electron chi connectivity index (χ1n) is 12.5. The maximum absolute atomic E-state index is 13.8. The van der Waals surface area contributed by atoms with Crippen LogP contribution in [0.2, 0.25) is 0 Å². The predicted molar refractivity (Wildman–Crippen MR) is 138 cm³/mol. The summed E-state index contributed by atoms with van der Waals surface area (Å²) in [4.78, 5) is 42.6. The normalized spacial score (nSPS) is 30.1. The Balaban J connectivity index is 1.29. The van der Waals surface area contributed by atoms with Gasteiger partial charge in [0.1, 0.15) is 18.2 Å². The summed E-state index contributed by atoms with van der Waals surface area (Å²) >= 11 is 1.60. The zero-order valence-electron chi connectivity index (χ0n) is 20.3. The molecule has 0 aliphatic carbocycles. The predicted octanol–water partition coefficient (Wildman–Crippen LogP) is 1.47. The fourth-order valence-corrected chi connectivity index (χ4v) is 8.92. The summed E-state index contributed by atoms with van der Waals surface area (Å²) in [6.45, 7) is 1.92. The fourth-order valence-electron chi connectivity index (χ4n) is 6.50. The maximum atomic E-state index is 13.8. The van der Waals surface area contributed by atoms with E-state index >= 15 is 0 Å². The first-order valence-corrected chi connectivity index (χ1v) is 13.3. The average molecular weight is 521 g/mol. The largest absolute Gasteiger partial charge is 0.395 e. The number of nitrogens with one attached hydrogen (secondary N) is 2. The molecular weight excluding hydrogens is 492 g/mol. The molecule has 11 heteroatoms. The molecule has 4 heterocycles. The van der Waals surface area contributed by atoms with Crippen LogP contribution in [-0.4, -0.2) is 71.9 Å². The number of carbonyl (C=O) groups excluding carboxylic acids is 3. The van der Waals surface area contributed by atoms with Crippen LogP contribution in [0, 0.1) is 17.8 Å². The van der Waals surface area contributed by atoms with Crippen LogP contribution in [0.25, 0.3) is 11.0 Å². The molecule has 0 saturated carbocycles. The van der Waals surface area contributed by atoms with E-state index in [-0.39, 0.29) is 48.7 Å². The standard InChI is InChI=1S/C26H28N6O4S/c1-15-13-19-20(23(34)28-16-7-3-2-4-8-16)21-25(36)31(11-12-33)22(26(15,21)37-19)24(35)27-14-32-18-10-6-5-9-17(18)29-30-32/h2-10,15,19-22,33H,11-14H2,1H3,(H,27,35)(H,28,34)/t15?,19-,20+,21-,22?,26?/m0/s1. The van der Waals surface area contributed by atoms with Crippen LogP contribution < -0.4 is 10.6 Å². The molecule has 192 valence electrons. The number of aliphatic hydroxyl groups excluding tert-OH is 1. The number of anilines is 1. The average Bonchev–Trinajstić information content (AvgIpc) is 3.61. The molecule has 3 aliphatic heterocycles. The number of aliphatic hydroxyl groups is 1. The third kappa shape index (κ3) is 3.63. The number of nitrogens with zero attached hydrogens (tertiary/aromatic N) is 4. The number of carbonyl (C=O) groups is 3. The van der Waals surface area contributed by atoms with Gasteiger partial charge in [0.15, 0.2) is 0 Å². The molecule has 1 aromatic heterocycles. The summed E-state index contributed by atoms with van der Waals surface area (Å²) in [5, 5.41) is 23.9. The van der Waals surface area contributed by atoms with Gasteiger partial charge in [-0.1, -0.05) is 42.5 Å². The van der Waals surface area contributed by atoms with Gasteiger partial charge in [-0.05, 0) is 36.6 Å². The second-order valence-corrected chi connectivity index (χ2v) is 11.5. The van der Waals surface area contributed by atoms with Crippen LogP contribution in [0.15, 0.2) is 54.6 Å². The zero-order chi connectivity index (χ0) is 25.7. The van der Waals surface area contributed by atoms with Crippen molar-refractivity contribution < 1.29 is 19.5 Å². The lowest BCUT2D eigenvalue weighted by atomic mass is 9.66. The van der Waals surface area contributed by atoms with Crippen LogP contribution in [0.3, 0.4) is 0 Å². The Labute approximate surface area is 217 Å². The van der Waals surface area contributed by atoms with E-state index < -0.39 is 22.6 Å². The van der Waals surface area contributed by atoms with Crippen molar-refractivity contribution in [2.45, 2.75) is 36.1 Å². The Hall–Kier alpha value is -3.44. The molecule has 0 radical (unpaired) electrons. The molecule has 3 amide bonds. The molecule has 3 aliphatic rings. The van der Waals surface area contributed by atoms with Gasteiger partial charge in [0.05, 0.1) is 28.7 Å². The van der Waals surface area contributed by atoms with E-state index in [1.54, 1.807) is 16.4 Å². The lowest BCUT2D eigenvalue weighted by Crippen LogP contribution is -2.56. The van der Waals surface area contributed by atoms with Crippen molar-refractivity contribution in [3.8, 4) is 0 Å². The fraction of sp³-hybridized carbons (Fsp3) is 0.423. The van der Waals surface area contributed by atoms with Crippen molar-refractivity contribution in [2.75, 3.05) is 18.5 Å². The van der Waals surface area contributed by atoms with Crippen molar-refractivity contribution in [1.29, 1.82) is 0 Å². The number of amides is 3. The molecule has 1 spiro atoms. The number of fused-ring (bicyclic) bond motifs is 2. The zero-order valence-corrected chi connectivity index (χ0v) is 21.1. The molecule has 3 saturated heterocycles. The number of aromatic nitrogens is 3. The SMILES string of the molecule is CC1C[C@@H]2SC13C(C(=O)NCn1nnc4ccccc41)N(CCO)C(=O)[C@@H]3[C@@H]2C(=O)Nc1ccccc1. The van der Waals surface area contributed by atoms with E-state index in [0.717, 1.165) is 17.5 Å². The Kier molecular flexibility index (Phi) is 5.91. The quantitative estimate of drug-likeness (QED) is 0.430. The number of hydrogen-bond donors (Lipinski definition) is 3. The van der Waals surface area contributed by atoms with Crippen molar-refractivity contribution in [2.24, 2.45) is 17.8 Å². The van der Waals surface area contributed by atoms with E-state index in [1.807, 2.05) is 54.6 Å². The van der Waals surface area contributed by atoms with Gasteiger partial charge in [0.25, 0.3) is 0 Å². The Morgan fingerprint density at radius 1 is 1.14 bits per heavy atom. The first-order chi connectivity index (χ1) is 18.0. The van der Waals surface area contributed by atoms with Crippen LogP contribution >= 0.6 is 11.8 Å². The number of benzene rings is 2. The topological polar surface area (TPSA) is 129 Å². The van der Waals surface area contributed by atoms with E-state index in [1.165, 1.54) is 4.90 Å². The van der Waals surface area contributed by atoms with Gasteiger partial charge in [-0.25, -0.2) is 4.68 Å². The number of para-hydroxylation sites is 2. The van der Waals surface area contributed by atoms with E-state index in [0.29, 0.717) is 5.69 Å². The minimum atomic E-state index is -0.800. The van der Waals surface area contributed by atoms with Gasteiger partial charge in [-0.15, -0.1) is 16.9 Å². The van der Waals surface area contributed by atoms with Gasteiger partial charge >= 0.3 is 0 Å². The van der Waals surface area contributed by atoms with Crippen molar-refractivity contribution >= 4 is 46.2 Å². The molecule has 2 aromatic carbocycles. The van der Waals surface area contributed by atoms with Crippen molar-refractivity contribution in [1.82, 2.24) is 25.2 Å². The monoisotopic (exact) mass is 520 g/mol. The van der Waals surface area contributed by atoms with Gasteiger partial charge in [-0.3, -0.25) is 14.4 Å². The van der Waals surface area contributed by atoms with E-state index in [2.05, 4.69) is 27.9 Å². The Morgan fingerprint density at radius 3 is 2.68 bits per heavy atom. The minimum Gasteiger partial charge on any atom is -0.395 e. The van der Waals surface area contributed by atoms with Gasteiger partial charge < -0.3 is 20.6 Å². The maximum Gasteiger partial charge on any atom is 0.245 e. The minimum absolute atomic E-state index is 0.0341. The van der Waals surface area contributed by atoms with Crippen LogP contribution in [0.4, 0.5) is 5.69 Å². The molecule has 3 unspecified atom stereocenters. The Bertz CT molecular complexity index is 1370. The van der Waals surface area contributed by atoms with Crippen molar-refractivity contribution in [3.05, 3.63) is 54.6 Å². The van der Waals surface area contributed by atoms with Gasteiger partial charge in [0, 0.05) is 17.5 Å². The molecule has 2 bridgehead atoms. The highest BCUT2D eigenvalue weighted by Gasteiger charge is 2.75. The summed E-state index contributed by atoms with van der Waals surface area (Å²) in [6, 6.07) is 15.9. The summed E-state index contributed by atoms with van der Waals surface area (Å²) < 4.78 is 0.860. The van der Waals surface area contributed by atoms with E-state index in [9.17, 15) is 19.5 Å². The molecule has 10 nitrogen and oxygen atoms in total. The second kappa shape index (κ2) is 9.14. The van der Waals surface area contributed by atoms with Crippen LogP contribution in [0.5, 0.6) is 0 Å². The third-order valence-electron chi connectivity index (χ3n) is 8.00. The number of β-amino-alcohol motifs (C(OH)–C–C–N with tert-alkyl or cyclic N) is 1. The molecular formula is C26H28N6O4S. The smallest absolute Gasteiger partial charge is 0.245 e. The lowest BCUT2D eigenvalue weighted by molar-refractivity contribution is -0.139. The van der Waals surface area contributed by atoms with Crippen LogP contribution in [0.1, 0.15) is 13.3 Å². The number of hydrogen-bond acceptors (Lipinski definition) is 7.